The summed E-state index contributed by atoms with van der Waals surface area (Å²) in [7, 11) is 0. The topological polar surface area (TPSA) is 15.6 Å². The molecule has 82 valence electrons. The van der Waals surface area contributed by atoms with E-state index >= 15 is 0 Å². The Labute approximate surface area is 92.4 Å². The number of hydrogen-bond donors (Lipinski definition) is 0. The van der Waals surface area contributed by atoms with Gasteiger partial charge in [0.2, 0.25) is 0 Å². The van der Waals surface area contributed by atoms with Crippen molar-refractivity contribution >= 4 is 5.84 Å². The van der Waals surface area contributed by atoms with E-state index in [9.17, 15) is 0 Å². The van der Waals surface area contributed by atoms with Gasteiger partial charge in [-0.15, -0.1) is 0 Å². The summed E-state index contributed by atoms with van der Waals surface area (Å²) in [5, 5.41) is 0. The third-order valence-electron chi connectivity index (χ3n) is 3.48. The number of allylic oxidation sites excluding steroid dienone is 2. The summed E-state index contributed by atoms with van der Waals surface area (Å²) in [4.78, 5) is 7.16. The number of rotatable bonds is 3. The van der Waals surface area contributed by atoms with Gasteiger partial charge in [0.15, 0.2) is 0 Å². The number of hydrogen-bond acceptors (Lipinski definition) is 2. The van der Waals surface area contributed by atoms with Crippen LogP contribution in [-0.2, 0) is 0 Å². The van der Waals surface area contributed by atoms with Gasteiger partial charge in [-0.05, 0) is 24.0 Å². The quantitative estimate of drug-likeness (QED) is 0.690. The predicted molar refractivity (Wildman–Crippen MR) is 64.9 cm³/mol. The Kier molecular flexibility index (Phi) is 2.94. The second kappa shape index (κ2) is 4.21. The molecule has 0 saturated heterocycles. The minimum absolute atomic E-state index is 0.489. The molecule has 2 rings (SSSR count). The van der Waals surface area contributed by atoms with Gasteiger partial charge in [-0.25, -0.2) is 0 Å². The van der Waals surface area contributed by atoms with Crippen molar-refractivity contribution in [3.8, 4) is 0 Å². The first-order chi connectivity index (χ1) is 7.26. The van der Waals surface area contributed by atoms with Gasteiger partial charge >= 0.3 is 0 Å². The van der Waals surface area contributed by atoms with Gasteiger partial charge in [-0.2, -0.15) is 0 Å². The lowest BCUT2D eigenvalue weighted by Crippen LogP contribution is -2.28. The van der Waals surface area contributed by atoms with E-state index in [1.54, 1.807) is 0 Å². The Morgan fingerprint density at radius 1 is 1.53 bits per heavy atom. The molecule has 0 amide bonds. The summed E-state index contributed by atoms with van der Waals surface area (Å²) in [6.07, 6.45) is 8.77. The van der Waals surface area contributed by atoms with Crippen LogP contribution in [0.3, 0.4) is 0 Å². The summed E-state index contributed by atoms with van der Waals surface area (Å²) in [5.74, 6) is 1.90. The zero-order chi connectivity index (χ0) is 10.8. The van der Waals surface area contributed by atoms with Crippen molar-refractivity contribution in [2.75, 3.05) is 6.54 Å². The lowest BCUT2D eigenvalue weighted by molar-refractivity contribution is 0.412. The fraction of sp³-hybridized carbons (Fsp3) is 0.615. The third kappa shape index (κ3) is 1.85. The van der Waals surface area contributed by atoms with Crippen LogP contribution in [0.5, 0.6) is 0 Å². The zero-order valence-corrected chi connectivity index (χ0v) is 9.90. The molecule has 15 heavy (non-hydrogen) atoms. The molecule has 0 radical (unpaired) electrons. The molecule has 0 N–H and O–H groups in total. The standard InChI is InChI=1S/C13H20N2/c1-4-10(3)12-9-15-8-6-7-11(5-2)13(15)14-12/h6-8,10,12H,4-5,9H2,1-3H3. The summed E-state index contributed by atoms with van der Waals surface area (Å²) >= 11 is 0. The molecule has 0 aromatic carbocycles. The highest BCUT2D eigenvalue weighted by Gasteiger charge is 2.29. The minimum atomic E-state index is 0.489. The molecule has 2 unspecified atom stereocenters. The van der Waals surface area contributed by atoms with E-state index in [1.165, 1.54) is 17.8 Å². The van der Waals surface area contributed by atoms with Crippen molar-refractivity contribution in [2.24, 2.45) is 10.9 Å². The van der Waals surface area contributed by atoms with Gasteiger partial charge in [0.1, 0.15) is 5.84 Å². The van der Waals surface area contributed by atoms with Crippen molar-refractivity contribution < 1.29 is 0 Å². The highest BCUT2D eigenvalue weighted by molar-refractivity contribution is 6.01. The van der Waals surface area contributed by atoms with Gasteiger partial charge in [-0.1, -0.05) is 33.3 Å². The van der Waals surface area contributed by atoms with Crippen molar-refractivity contribution in [2.45, 2.75) is 39.7 Å². The Morgan fingerprint density at radius 3 is 3.00 bits per heavy atom. The Hall–Kier alpha value is -1.05. The summed E-state index contributed by atoms with van der Waals surface area (Å²) in [6, 6.07) is 0.489. The Bertz CT molecular complexity index is 325. The SMILES string of the molecule is CCC1=CC=CN2CC(C(C)CC)N=C12. The molecular formula is C13H20N2. The summed E-state index contributed by atoms with van der Waals surface area (Å²) < 4.78 is 0. The average molecular weight is 204 g/mol. The molecule has 0 spiro atoms. The minimum Gasteiger partial charge on any atom is -0.331 e. The van der Waals surface area contributed by atoms with Crippen molar-refractivity contribution in [3.05, 3.63) is 23.9 Å². The monoisotopic (exact) mass is 204 g/mol. The van der Waals surface area contributed by atoms with E-state index < -0.39 is 0 Å². The zero-order valence-electron chi connectivity index (χ0n) is 9.90. The largest absolute Gasteiger partial charge is 0.331 e. The van der Waals surface area contributed by atoms with Gasteiger partial charge in [0, 0.05) is 12.7 Å². The summed E-state index contributed by atoms with van der Waals surface area (Å²) in [6.45, 7) is 7.81. The Morgan fingerprint density at radius 2 is 2.33 bits per heavy atom. The third-order valence-corrected chi connectivity index (χ3v) is 3.48. The van der Waals surface area contributed by atoms with Crippen LogP contribution in [-0.4, -0.2) is 23.3 Å². The second-order valence-electron chi connectivity index (χ2n) is 4.44. The first-order valence-electron chi connectivity index (χ1n) is 5.98. The summed E-state index contributed by atoms with van der Waals surface area (Å²) in [5.41, 5.74) is 1.38. The molecule has 0 bridgehead atoms. The van der Waals surface area contributed by atoms with Crippen LogP contribution in [0.2, 0.25) is 0 Å². The lowest BCUT2D eigenvalue weighted by Gasteiger charge is -2.21. The average Bonchev–Trinajstić information content (AvgIpc) is 2.71. The molecule has 2 atom stereocenters. The van der Waals surface area contributed by atoms with Crippen molar-refractivity contribution in [3.63, 3.8) is 0 Å². The normalized spacial score (nSPS) is 26.1. The van der Waals surface area contributed by atoms with E-state index in [1.807, 2.05) is 0 Å². The van der Waals surface area contributed by atoms with Crippen LogP contribution >= 0.6 is 0 Å². The van der Waals surface area contributed by atoms with E-state index in [4.69, 9.17) is 4.99 Å². The molecule has 0 aromatic heterocycles. The first-order valence-corrected chi connectivity index (χ1v) is 5.98. The second-order valence-corrected chi connectivity index (χ2v) is 4.44. The maximum absolute atomic E-state index is 4.86. The molecule has 2 aliphatic heterocycles. The van der Waals surface area contributed by atoms with Gasteiger partial charge in [0.05, 0.1) is 6.04 Å². The molecule has 0 saturated carbocycles. The van der Waals surface area contributed by atoms with Crippen LogP contribution < -0.4 is 0 Å². The first kappa shape index (κ1) is 10.5. The van der Waals surface area contributed by atoms with Crippen LogP contribution in [0.4, 0.5) is 0 Å². The molecule has 2 aliphatic rings. The fourth-order valence-electron chi connectivity index (χ4n) is 2.15. The van der Waals surface area contributed by atoms with Gasteiger partial charge < -0.3 is 4.90 Å². The lowest BCUT2D eigenvalue weighted by atomic mass is 10.0. The highest BCUT2D eigenvalue weighted by atomic mass is 15.2. The van der Waals surface area contributed by atoms with Crippen LogP contribution in [0, 0.1) is 5.92 Å². The number of fused-ring (bicyclic) bond motifs is 1. The van der Waals surface area contributed by atoms with E-state index in [0.717, 1.165) is 13.0 Å². The molecule has 2 nitrogen and oxygen atoms in total. The van der Waals surface area contributed by atoms with Crippen LogP contribution in [0.1, 0.15) is 33.6 Å². The van der Waals surface area contributed by atoms with Gasteiger partial charge in [0.25, 0.3) is 0 Å². The predicted octanol–water partition coefficient (Wildman–Crippen LogP) is 2.98. The maximum Gasteiger partial charge on any atom is 0.131 e. The molecule has 2 heterocycles. The van der Waals surface area contributed by atoms with Crippen molar-refractivity contribution in [1.29, 1.82) is 0 Å². The molecule has 2 heteroatoms. The number of nitrogens with zero attached hydrogens (tertiary/aromatic N) is 2. The van der Waals surface area contributed by atoms with Crippen LogP contribution in [0.15, 0.2) is 28.9 Å². The van der Waals surface area contributed by atoms with Crippen LogP contribution in [0.25, 0.3) is 0 Å². The molecular weight excluding hydrogens is 184 g/mol. The van der Waals surface area contributed by atoms with Gasteiger partial charge in [-0.3, -0.25) is 4.99 Å². The van der Waals surface area contributed by atoms with E-state index in [0.29, 0.717) is 12.0 Å². The maximum atomic E-state index is 4.86. The molecule has 0 aromatic rings. The Balaban J connectivity index is 2.19. The smallest absolute Gasteiger partial charge is 0.131 e. The molecule has 0 fully saturated rings. The van der Waals surface area contributed by atoms with E-state index in [-0.39, 0.29) is 0 Å². The number of aliphatic imine (C=N–C) groups is 1. The van der Waals surface area contributed by atoms with E-state index in [2.05, 4.69) is 44.0 Å². The molecule has 0 aliphatic carbocycles. The number of amidine groups is 1. The van der Waals surface area contributed by atoms with Crippen molar-refractivity contribution in [1.82, 2.24) is 4.90 Å². The fourth-order valence-corrected chi connectivity index (χ4v) is 2.15. The highest BCUT2D eigenvalue weighted by Crippen LogP contribution is 2.25.